The lowest BCUT2D eigenvalue weighted by Crippen LogP contribution is -2.57. The Labute approximate surface area is 161 Å². The third kappa shape index (κ3) is 5.21. The maximum Gasteiger partial charge on any atom is 0.451 e. The van der Waals surface area contributed by atoms with Crippen molar-refractivity contribution in [2.24, 2.45) is 5.73 Å². The fourth-order valence-electron chi connectivity index (χ4n) is 2.76. The van der Waals surface area contributed by atoms with E-state index in [9.17, 15) is 24.6 Å². The Hall–Kier alpha value is -2.63. The molecule has 1 aliphatic rings. The van der Waals surface area contributed by atoms with Gasteiger partial charge in [0.15, 0.2) is 0 Å². The van der Waals surface area contributed by atoms with Crippen molar-refractivity contribution >= 4 is 24.8 Å². The van der Waals surface area contributed by atoms with Crippen LogP contribution in [0.4, 0.5) is 0 Å². The van der Waals surface area contributed by atoms with E-state index in [-0.39, 0.29) is 55.3 Å². The molecule has 1 fully saturated rings. The van der Waals surface area contributed by atoms with Gasteiger partial charge in [-0.2, -0.15) is 0 Å². The largest absolute Gasteiger partial charge is 0.507 e. The predicted molar refractivity (Wildman–Crippen MR) is 98.0 cm³/mol. The zero-order valence-corrected chi connectivity index (χ0v) is 15.4. The van der Waals surface area contributed by atoms with Gasteiger partial charge in [-0.3, -0.25) is 9.59 Å². The first-order chi connectivity index (χ1) is 13.1. The Morgan fingerprint density at radius 3 is 2.50 bits per heavy atom. The molecule has 2 rings (SSSR count). The highest BCUT2D eigenvalue weighted by Crippen LogP contribution is 2.34. The number of amides is 1. The summed E-state index contributed by atoms with van der Waals surface area (Å²) in [5.74, 6) is -2.50. The summed E-state index contributed by atoms with van der Waals surface area (Å²) < 4.78 is 5.61. The number of aromatic hydroxyl groups is 1. The number of phenols is 1. The third-order valence-electron chi connectivity index (χ3n) is 4.52. The minimum absolute atomic E-state index is 0.0455. The fraction of sp³-hybridized carbons (Fsp3) is 0.471. The summed E-state index contributed by atoms with van der Waals surface area (Å²) in [6.07, 6.45) is -0.546. The summed E-state index contributed by atoms with van der Waals surface area (Å²) in [7, 11) is -1.57. The second-order valence-electron chi connectivity index (χ2n) is 6.73. The minimum Gasteiger partial charge on any atom is -0.507 e. The summed E-state index contributed by atoms with van der Waals surface area (Å²) in [5, 5.41) is 37.5. The van der Waals surface area contributed by atoms with Gasteiger partial charge in [-0.25, -0.2) is 4.79 Å². The highest BCUT2D eigenvalue weighted by molar-refractivity contribution is 6.41. The second kappa shape index (κ2) is 9.04. The third-order valence-corrected chi connectivity index (χ3v) is 4.52. The molecule has 1 aromatic carbocycles. The molecule has 152 valence electrons. The molecule has 11 heteroatoms. The van der Waals surface area contributed by atoms with E-state index >= 15 is 0 Å². The molecule has 0 aromatic heterocycles. The number of carboxylic acid groups (broad SMARTS) is 1. The lowest BCUT2D eigenvalue weighted by atomic mass is 9.82. The molecule has 28 heavy (non-hydrogen) atoms. The van der Waals surface area contributed by atoms with Crippen LogP contribution in [0.2, 0.25) is 6.32 Å². The highest BCUT2D eigenvalue weighted by atomic mass is 16.5. The van der Waals surface area contributed by atoms with E-state index in [2.05, 4.69) is 0 Å². The number of benzene rings is 1. The van der Waals surface area contributed by atoms with Crippen molar-refractivity contribution in [1.29, 1.82) is 0 Å². The number of rotatable bonds is 9. The van der Waals surface area contributed by atoms with Crippen molar-refractivity contribution in [3.05, 3.63) is 23.3 Å². The van der Waals surface area contributed by atoms with Crippen LogP contribution in [0.15, 0.2) is 12.1 Å². The number of nitrogens with zero attached hydrogens (tertiary/aromatic N) is 1. The number of carboxylic acids is 1. The molecule has 1 heterocycles. The lowest BCUT2D eigenvalue weighted by Gasteiger charge is -2.39. The summed E-state index contributed by atoms with van der Waals surface area (Å²) in [4.78, 5) is 36.1. The zero-order chi connectivity index (χ0) is 21.0. The molecule has 6 N–H and O–H groups in total. The Bertz CT molecular complexity index is 764. The Morgan fingerprint density at radius 2 is 1.96 bits per heavy atom. The van der Waals surface area contributed by atoms with Gasteiger partial charge in [-0.15, -0.1) is 0 Å². The molecule has 0 spiro atoms. The Balaban J connectivity index is 2.01. The van der Waals surface area contributed by atoms with Crippen LogP contribution in [0, 0.1) is 0 Å². The first kappa shape index (κ1) is 21.7. The van der Waals surface area contributed by atoms with Crippen LogP contribution < -0.4 is 10.5 Å². The van der Waals surface area contributed by atoms with Crippen molar-refractivity contribution in [1.82, 2.24) is 4.90 Å². The molecule has 0 unspecified atom stereocenters. The number of hydrogen-bond donors (Lipinski definition) is 5. The smallest absolute Gasteiger partial charge is 0.451 e. The highest BCUT2D eigenvalue weighted by Gasteiger charge is 2.34. The molecular weight excluding hydrogens is 371 g/mol. The molecule has 10 nitrogen and oxygen atoms in total. The van der Waals surface area contributed by atoms with E-state index in [1.807, 2.05) is 0 Å². The Kier molecular flexibility index (Phi) is 7.00. The standard InChI is InChI=1S/C17H23BN2O8/c1-9(21)12(19)6-14(22)20-7-11(8-20)28-13-3-2-10(4-5-18(26)27)16(23)15(13)17(24)25/h2-3,11-12,23,26-27H,4-8,19H2,1H3,(H,24,25)/t12-/m1/s1. The number of aryl methyl sites for hydroxylation is 1. The Morgan fingerprint density at radius 1 is 1.32 bits per heavy atom. The molecule has 1 aromatic rings. The molecule has 1 atom stereocenters. The molecular formula is C17H23BN2O8. The maximum absolute atomic E-state index is 12.0. The van der Waals surface area contributed by atoms with Gasteiger partial charge in [0.05, 0.1) is 19.1 Å². The quantitative estimate of drug-likeness (QED) is 0.330. The molecule has 1 amide bonds. The fourth-order valence-corrected chi connectivity index (χ4v) is 2.76. The average Bonchev–Trinajstić information content (AvgIpc) is 2.55. The van der Waals surface area contributed by atoms with Crippen LogP contribution in [0.5, 0.6) is 11.5 Å². The van der Waals surface area contributed by atoms with E-state index in [4.69, 9.17) is 20.5 Å². The first-order valence-electron chi connectivity index (χ1n) is 8.74. The number of nitrogens with two attached hydrogens (primary N) is 1. The summed E-state index contributed by atoms with van der Waals surface area (Å²) in [6, 6.07) is 1.98. The first-order valence-corrected chi connectivity index (χ1v) is 8.74. The SMILES string of the molecule is CC(=O)[C@H](N)CC(=O)N1CC(Oc2ccc(CCB(O)O)c(O)c2C(=O)O)C1. The normalized spacial score (nSPS) is 14.9. The summed E-state index contributed by atoms with van der Waals surface area (Å²) >= 11 is 0. The van der Waals surface area contributed by atoms with E-state index in [0.29, 0.717) is 0 Å². The van der Waals surface area contributed by atoms with Crippen molar-refractivity contribution < 1.29 is 39.4 Å². The van der Waals surface area contributed by atoms with Gasteiger partial charge in [0.25, 0.3) is 0 Å². The van der Waals surface area contributed by atoms with Crippen molar-refractivity contribution in [2.75, 3.05) is 13.1 Å². The number of carbonyl (C=O) groups is 3. The van der Waals surface area contributed by atoms with Crippen LogP contribution in [0.3, 0.4) is 0 Å². The minimum atomic E-state index is -1.57. The molecule has 1 aliphatic heterocycles. The summed E-state index contributed by atoms with van der Waals surface area (Å²) in [5.41, 5.74) is 5.40. The number of Topliss-reactive ketones (excluding diaryl/α,β-unsaturated/α-hetero) is 1. The van der Waals surface area contributed by atoms with Gasteiger partial charge in [-0.05, 0) is 31.3 Å². The molecule has 1 saturated heterocycles. The topological polar surface area (TPSA) is 171 Å². The number of hydrogen-bond acceptors (Lipinski definition) is 8. The predicted octanol–water partition coefficient (Wildman–Crippen LogP) is -0.998. The van der Waals surface area contributed by atoms with Crippen molar-refractivity contribution in [3.63, 3.8) is 0 Å². The number of aromatic carboxylic acids is 1. The van der Waals surface area contributed by atoms with Crippen LogP contribution in [0.1, 0.15) is 29.3 Å². The van der Waals surface area contributed by atoms with Gasteiger partial charge in [0.2, 0.25) is 5.91 Å². The van der Waals surface area contributed by atoms with Crippen LogP contribution in [-0.2, 0) is 16.0 Å². The molecule has 0 radical (unpaired) electrons. The van der Waals surface area contributed by atoms with Gasteiger partial charge in [0.1, 0.15) is 28.9 Å². The monoisotopic (exact) mass is 394 g/mol. The zero-order valence-electron chi connectivity index (χ0n) is 15.4. The number of likely N-dealkylation sites (tertiary alicyclic amines) is 1. The van der Waals surface area contributed by atoms with Gasteiger partial charge in [0, 0.05) is 6.42 Å². The van der Waals surface area contributed by atoms with E-state index < -0.39 is 36.5 Å². The van der Waals surface area contributed by atoms with Gasteiger partial charge in [-0.1, -0.05) is 6.07 Å². The van der Waals surface area contributed by atoms with Crippen molar-refractivity contribution in [2.45, 2.75) is 38.2 Å². The lowest BCUT2D eigenvalue weighted by molar-refractivity contribution is -0.141. The number of carbonyl (C=O) groups excluding carboxylic acids is 2. The van der Waals surface area contributed by atoms with Crippen LogP contribution in [0.25, 0.3) is 0 Å². The molecule has 0 aliphatic carbocycles. The van der Waals surface area contributed by atoms with Crippen LogP contribution in [-0.4, -0.2) is 75.2 Å². The van der Waals surface area contributed by atoms with Gasteiger partial charge < -0.3 is 35.6 Å². The average molecular weight is 394 g/mol. The van der Waals surface area contributed by atoms with Gasteiger partial charge >= 0.3 is 13.1 Å². The van der Waals surface area contributed by atoms with E-state index in [1.54, 1.807) is 0 Å². The van der Waals surface area contributed by atoms with E-state index in [1.165, 1.54) is 24.0 Å². The van der Waals surface area contributed by atoms with Crippen molar-refractivity contribution in [3.8, 4) is 11.5 Å². The van der Waals surface area contributed by atoms with E-state index in [0.717, 1.165) is 0 Å². The molecule has 0 saturated carbocycles. The summed E-state index contributed by atoms with van der Waals surface area (Å²) in [6.45, 7) is 1.73. The number of ketones is 1. The maximum atomic E-state index is 12.0. The second-order valence-corrected chi connectivity index (χ2v) is 6.73. The molecule has 0 bridgehead atoms. The number of ether oxygens (including phenoxy) is 1. The van der Waals surface area contributed by atoms with Crippen LogP contribution >= 0.6 is 0 Å².